The Kier molecular flexibility index (Phi) is 4.53. The first-order chi connectivity index (χ1) is 12.7. The van der Waals surface area contributed by atoms with Crippen LogP contribution in [0.4, 0.5) is 0 Å². The molecular formula is C22H34O5. The monoisotopic (exact) mass is 378 g/mol. The molecule has 0 saturated heterocycles. The molecule has 0 amide bonds. The molecule has 3 fully saturated rings. The normalized spacial score (nSPS) is 51.2. The Morgan fingerprint density at radius 3 is 2.59 bits per heavy atom. The molecule has 27 heavy (non-hydrogen) atoms. The number of aliphatic hydroxyl groups is 3. The van der Waals surface area contributed by atoms with Gasteiger partial charge >= 0.3 is 5.97 Å². The predicted octanol–water partition coefficient (Wildman–Crippen LogP) is 2.43. The third kappa shape index (κ3) is 2.57. The van der Waals surface area contributed by atoms with Gasteiger partial charge in [-0.15, -0.1) is 0 Å². The number of rotatable bonds is 3. The van der Waals surface area contributed by atoms with Crippen LogP contribution in [0.3, 0.4) is 0 Å². The maximum absolute atomic E-state index is 11.5. The zero-order valence-electron chi connectivity index (χ0n) is 16.8. The van der Waals surface area contributed by atoms with Crippen molar-refractivity contribution in [3.8, 4) is 0 Å². The molecule has 4 aliphatic rings. The van der Waals surface area contributed by atoms with Gasteiger partial charge in [-0.1, -0.05) is 19.9 Å². The molecule has 0 aromatic rings. The van der Waals surface area contributed by atoms with Crippen LogP contribution in [0, 0.1) is 34.0 Å². The van der Waals surface area contributed by atoms with Crippen LogP contribution in [0.5, 0.6) is 0 Å². The first kappa shape index (κ1) is 19.4. The molecule has 4 rings (SSSR count). The second-order valence-corrected chi connectivity index (χ2v) is 10.2. The molecule has 5 heteroatoms. The van der Waals surface area contributed by atoms with Gasteiger partial charge in [-0.2, -0.15) is 0 Å². The lowest BCUT2D eigenvalue weighted by molar-refractivity contribution is -0.224. The van der Waals surface area contributed by atoms with E-state index in [1.165, 1.54) is 6.92 Å². The van der Waals surface area contributed by atoms with Crippen molar-refractivity contribution in [1.29, 1.82) is 0 Å². The predicted molar refractivity (Wildman–Crippen MR) is 101 cm³/mol. The molecule has 5 nitrogen and oxygen atoms in total. The lowest BCUT2D eigenvalue weighted by Crippen LogP contribution is -2.64. The van der Waals surface area contributed by atoms with Crippen molar-refractivity contribution in [2.45, 2.75) is 71.5 Å². The minimum atomic E-state index is -0.541. The fraction of sp³-hybridized carbons (Fsp3) is 0.864. The Morgan fingerprint density at radius 1 is 1.19 bits per heavy atom. The van der Waals surface area contributed by atoms with Crippen molar-refractivity contribution in [3.05, 3.63) is 11.6 Å². The van der Waals surface area contributed by atoms with Crippen LogP contribution in [0.1, 0.15) is 59.3 Å². The van der Waals surface area contributed by atoms with E-state index in [1.54, 1.807) is 0 Å². The Hall–Kier alpha value is -0.910. The summed E-state index contributed by atoms with van der Waals surface area (Å²) in [5.41, 5.74) is 0.314. The highest BCUT2D eigenvalue weighted by molar-refractivity contribution is 5.65. The molecule has 152 valence electrons. The van der Waals surface area contributed by atoms with Gasteiger partial charge < -0.3 is 20.1 Å². The number of esters is 1. The van der Waals surface area contributed by atoms with E-state index >= 15 is 0 Å². The number of carbonyl (C=O) groups excluding carboxylic acids is 1. The quantitative estimate of drug-likeness (QED) is 0.519. The maximum Gasteiger partial charge on any atom is 0.302 e. The van der Waals surface area contributed by atoms with E-state index in [-0.39, 0.29) is 35.9 Å². The molecule has 0 radical (unpaired) electrons. The summed E-state index contributed by atoms with van der Waals surface area (Å²) in [6, 6.07) is 0. The Morgan fingerprint density at radius 2 is 1.93 bits per heavy atom. The van der Waals surface area contributed by atoms with E-state index in [0.717, 1.165) is 31.3 Å². The average molecular weight is 379 g/mol. The average Bonchev–Trinajstić information content (AvgIpc) is 2.91. The highest BCUT2D eigenvalue weighted by atomic mass is 16.5. The first-order valence-corrected chi connectivity index (χ1v) is 10.5. The number of hydrogen-bond donors (Lipinski definition) is 3. The molecule has 1 spiro atoms. The minimum absolute atomic E-state index is 0.0142. The molecule has 3 saturated carbocycles. The molecule has 2 bridgehead atoms. The summed E-state index contributed by atoms with van der Waals surface area (Å²) in [4.78, 5) is 11.5. The van der Waals surface area contributed by atoms with Crippen molar-refractivity contribution >= 4 is 5.97 Å². The van der Waals surface area contributed by atoms with Crippen molar-refractivity contribution in [1.82, 2.24) is 0 Å². The van der Waals surface area contributed by atoms with Gasteiger partial charge in [0.2, 0.25) is 0 Å². The third-order valence-electron chi connectivity index (χ3n) is 8.99. The lowest BCUT2D eigenvalue weighted by atomic mass is 9.40. The summed E-state index contributed by atoms with van der Waals surface area (Å²) in [5.74, 6) is 0.517. The van der Waals surface area contributed by atoms with Crippen LogP contribution in [0.15, 0.2) is 11.6 Å². The van der Waals surface area contributed by atoms with Gasteiger partial charge in [-0.25, -0.2) is 0 Å². The Labute approximate surface area is 161 Å². The summed E-state index contributed by atoms with van der Waals surface area (Å²) in [5, 5.41) is 32.0. The van der Waals surface area contributed by atoms with Crippen molar-refractivity contribution in [2.75, 3.05) is 13.2 Å². The zero-order valence-corrected chi connectivity index (χ0v) is 16.8. The van der Waals surface area contributed by atoms with E-state index in [1.807, 2.05) is 6.92 Å². The summed E-state index contributed by atoms with van der Waals surface area (Å²) < 4.78 is 5.39. The van der Waals surface area contributed by atoms with E-state index in [0.29, 0.717) is 24.7 Å². The van der Waals surface area contributed by atoms with Crippen molar-refractivity contribution in [2.24, 2.45) is 34.0 Å². The molecule has 0 aromatic heterocycles. The largest absolute Gasteiger partial charge is 0.465 e. The Balaban J connectivity index is 1.73. The van der Waals surface area contributed by atoms with Crippen LogP contribution >= 0.6 is 0 Å². The number of hydrogen-bond acceptors (Lipinski definition) is 5. The Bertz CT molecular complexity index is 659. The molecule has 4 aliphatic carbocycles. The van der Waals surface area contributed by atoms with Crippen LogP contribution in [-0.4, -0.2) is 46.7 Å². The molecule has 3 N–H and O–H groups in total. The molecule has 8 unspecified atom stereocenters. The third-order valence-corrected chi connectivity index (χ3v) is 8.99. The topological polar surface area (TPSA) is 87.0 Å². The van der Waals surface area contributed by atoms with E-state index < -0.39 is 17.6 Å². The summed E-state index contributed by atoms with van der Waals surface area (Å²) in [6.07, 6.45) is 6.52. The van der Waals surface area contributed by atoms with E-state index in [9.17, 15) is 20.1 Å². The molecule has 0 heterocycles. The van der Waals surface area contributed by atoms with Gasteiger partial charge in [-0.3, -0.25) is 4.79 Å². The summed E-state index contributed by atoms with van der Waals surface area (Å²) >= 11 is 0. The first-order valence-electron chi connectivity index (χ1n) is 10.5. The fourth-order valence-corrected chi connectivity index (χ4v) is 7.62. The van der Waals surface area contributed by atoms with Gasteiger partial charge in [-0.05, 0) is 67.3 Å². The van der Waals surface area contributed by atoms with Crippen LogP contribution in [0.25, 0.3) is 0 Å². The second-order valence-electron chi connectivity index (χ2n) is 10.2. The maximum atomic E-state index is 11.5. The number of ether oxygens (including phenoxy) is 1. The smallest absolute Gasteiger partial charge is 0.302 e. The van der Waals surface area contributed by atoms with Crippen molar-refractivity contribution in [3.63, 3.8) is 0 Å². The number of carbonyl (C=O) groups is 1. The molecular weight excluding hydrogens is 344 g/mol. The minimum Gasteiger partial charge on any atom is -0.465 e. The highest BCUT2D eigenvalue weighted by Gasteiger charge is 2.67. The molecule has 8 atom stereocenters. The molecule has 0 aliphatic heterocycles. The van der Waals surface area contributed by atoms with Crippen LogP contribution < -0.4 is 0 Å². The fourth-order valence-electron chi connectivity index (χ4n) is 7.62. The van der Waals surface area contributed by atoms with Gasteiger partial charge in [0.15, 0.2) is 0 Å². The van der Waals surface area contributed by atoms with Gasteiger partial charge in [0, 0.05) is 17.8 Å². The SMILES string of the molecule is CC(=O)OCC1(C)C(O)CCC2(C)C1CC(O)C13C=C(CO)C(CCC21)C3. The van der Waals surface area contributed by atoms with Gasteiger partial charge in [0.05, 0.1) is 25.4 Å². The standard InChI is InChI=1S/C22H34O5/c1-13(24)27-12-21(3)17-8-19(26)22-9-14(15(10-22)11-23)4-5-16(22)20(17,2)7-6-18(21)25/h10,14,16-19,23,25-26H,4-9,11-12H2,1-3H3. The lowest BCUT2D eigenvalue weighted by Gasteiger charge is -2.66. The van der Waals surface area contributed by atoms with Gasteiger partial charge in [0.1, 0.15) is 0 Å². The van der Waals surface area contributed by atoms with E-state index in [2.05, 4.69) is 13.0 Å². The number of fused-ring (bicyclic) bond motifs is 3. The van der Waals surface area contributed by atoms with Crippen LogP contribution in [-0.2, 0) is 9.53 Å². The second kappa shape index (κ2) is 6.30. The molecule has 0 aromatic carbocycles. The summed E-state index contributed by atoms with van der Waals surface area (Å²) in [7, 11) is 0. The summed E-state index contributed by atoms with van der Waals surface area (Å²) in [6.45, 7) is 6.07. The number of aliphatic hydroxyl groups excluding tert-OH is 3. The van der Waals surface area contributed by atoms with E-state index in [4.69, 9.17) is 4.74 Å². The van der Waals surface area contributed by atoms with Gasteiger partial charge in [0.25, 0.3) is 0 Å². The zero-order chi connectivity index (χ0) is 19.6. The highest BCUT2D eigenvalue weighted by Crippen LogP contribution is 2.70. The van der Waals surface area contributed by atoms with Crippen molar-refractivity contribution < 1.29 is 24.9 Å². The van der Waals surface area contributed by atoms with Crippen LogP contribution in [0.2, 0.25) is 0 Å².